The van der Waals surface area contributed by atoms with Crippen LogP contribution in [0.1, 0.15) is 22.4 Å². The number of pyridine rings is 1. The second-order valence-electron chi connectivity index (χ2n) is 5.31. The van der Waals surface area contributed by atoms with E-state index in [1.165, 1.54) is 11.1 Å². The molecule has 4 heteroatoms. The summed E-state index contributed by atoms with van der Waals surface area (Å²) in [6, 6.07) is 12.2. The monoisotopic (exact) mass is 309 g/mol. The van der Waals surface area contributed by atoms with E-state index in [4.69, 9.17) is 11.6 Å². The van der Waals surface area contributed by atoms with E-state index in [1.54, 1.807) is 12.4 Å². The van der Waals surface area contributed by atoms with Crippen LogP contribution in [0.3, 0.4) is 0 Å². The first-order chi connectivity index (χ1) is 10.6. The molecule has 0 unspecified atom stereocenters. The van der Waals surface area contributed by atoms with Crippen LogP contribution in [0.4, 0.5) is 0 Å². The summed E-state index contributed by atoms with van der Waals surface area (Å²) < 4.78 is 0. The van der Waals surface area contributed by atoms with Crippen molar-refractivity contribution in [1.82, 2.24) is 15.0 Å². The Bertz CT molecular complexity index is 777. The standard InChI is InChI=1S/C18H16ClN3/c1-12-5-3-6-14(9-12)10-16-13(2)21-18(22-17(16)19)15-7-4-8-20-11-15/h3-9,11H,10H2,1-2H3. The average molecular weight is 310 g/mol. The third-order valence-corrected chi connectivity index (χ3v) is 3.86. The summed E-state index contributed by atoms with van der Waals surface area (Å²) in [7, 11) is 0. The Labute approximate surface area is 135 Å². The van der Waals surface area contributed by atoms with Crippen molar-refractivity contribution in [3.05, 3.63) is 76.3 Å². The van der Waals surface area contributed by atoms with Gasteiger partial charge in [-0.1, -0.05) is 41.4 Å². The maximum Gasteiger partial charge on any atom is 0.162 e. The minimum atomic E-state index is 0.507. The van der Waals surface area contributed by atoms with Gasteiger partial charge in [-0.25, -0.2) is 9.97 Å². The molecular formula is C18H16ClN3. The maximum absolute atomic E-state index is 6.40. The van der Waals surface area contributed by atoms with Crippen LogP contribution >= 0.6 is 11.6 Å². The Morgan fingerprint density at radius 3 is 2.59 bits per heavy atom. The Balaban J connectivity index is 1.97. The predicted octanol–water partition coefficient (Wildman–Crippen LogP) is 4.40. The fourth-order valence-corrected chi connectivity index (χ4v) is 2.70. The van der Waals surface area contributed by atoms with Gasteiger partial charge >= 0.3 is 0 Å². The van der Waals surface area contributed by atoms with Crippen molar-refractivity contribution in [3.8, 4) is 11.4 Å². The molecule has 3 nitrogen and oxygen atoms in total. The summed E-state index contributed by atoms with van der Waals surface area (Å²) in [5.41, 5.74) is 5.19. The molecule has 0 saturated heterocycles. The van der Waals surface area contributed by atoms with Crippen LogP contribution in [-0.2, 0) is 6.42 Å². The van der Waals surface area contributed by atoms with Gasteiger partial charge < -0.3 is 0 Å². The van der Waals surface area contributed by atoms with E-state index in [1.807, 2.05) is 19.1 Å². The Morgan fingerprint density at radius 1 is 1.05 bits per heavy atom. The number of hydrogen-bond donors (Lipinski definition) is 0. The molecule has 2 aromatic heterocycles. The highest BCUT2D eigenvalue weighted by Crippen LogP contribution is 2.24. The van der Waals surface area contributed by atoms with Gasteiger partial charge in [0.2, 0.25) is 0 Å². The average Bonchev–Trinajstić information content (AvgIpc) is 2.52. The molecule has 22 heavy (non-hydrogen) atoms. The molecule has 0 fully saturated rings. The fraction of sp³-hybridized carbons (Fsp3) is 0.167. The Hall–Kier alpha value is -2.26. The molecule has 3 aromatic rings. The first-order valence-electron chi connectivity index (χ1n) is 7.12. The van der Waals surface area contributed by atoms with E-state index in [0.29, 0.717) is 11.0 Å². The number of nitrogens with zero attached hydrogens (tertiary/aromatic N) is 3. The molecule has 3 rings (SSSR count). The topological polar surface area (TPSA) is 38.7 Å². The molecule has 0 aliphatic carbocycles. The van der Waals surface area contributed by atoms with Gasteiger partial charge in [0.25, 0.3) is 0 Å². The third-order valence-electron chi connectivity index (χ3n) is 3.55. The van der Waals surface area contributed by atoms with Gasteiger partial charge in [0.05, 0.1) is 0 Å². The molecule has 0 atom stereocenters. The van der Waals surface area contributed by atoms with Crippen molar-refractivity contribution in [3.63, 3.8) is 0 Å². The van der Waals surface area contributed by atoms with E-state index in [0.717, 1.165) is 23.2 Å². The highest BCUT2D eigenvalue weighted by molar-refractivity contribution is 6.30. The zero-order valence-corrected chi connectivity index (χ0v) is 13.3. The van der Waals surface area contributed by atoms with Crippen LogP contribution in [0, 0.1) is 13.8 Å². The van der Waals surface area contributed by atoms with Gasteiger partial charge in [-0.2, -0.15) is 0 Å². The van der Waals surface area contributed by atoms with Gasteiger partial charge in [0, 0.05) is 35.6 Å². The molecule has 0 aliphatic rings. The van der Waals surface area contributed by atoms with Crippen molar-refractivity contribution in [2.75, 3.05) is 0 Å². The van der Waals surface area contributed by atoms with E-state index in [9.17, 15) is 0 Å². The number of halogens is 1. The van der Waals surface area contributed by atoms with Crippen LogP contribution in [0.2, 0.25) is 5.15 Å². The zero-order valence-electron chi connectivity index (χ0n) is 12.5. The highest BCUT2D eigenvalue weighted by atomic mass is 35.5. The predicted molar refractivity (Wildman–Crippen MR) is 89.0 cm³/mol. The summed E-state index contributed by atoms with van der Waals surface area (Å²) in [5, 5.41) is 0.507. The zero-order chi connectivity index (χ0) is 15.5. The second kappa shape index (κ2) is 6.24. The summed E-state index contributed by atoms with van der Waals surface area (Å²) in [6.45, 7) is 4.05. The van der Waals surface area contributed by atoms with Crippen LogP contribution in [0.15, 0.2) is 48.8 Å². The van der Waals surface area contributed by atoms with Gasteiger partial charge in [-0.05, 0) is 31.5 Å². The molecule has 0 amide bonds. The quantitative estimate of drug-likeness (QED) is 0.673. The molecule has 0 saturated carbocycles. The minimum Gasteiger partial charge on any atom is -0.264 e. The molecule has 1 aromatic carbocycles. The van der Waals surface area contributed by atoms with Crippen molar-refractivity contribution >= 4 is 11.6 Å². The first-order valence-corrected chi connectivity index (χ1v) is 7.50. The van der Waals surface area contributed by atoms with E-state index in [2.05, 4.69) is 46.1 Å². The number of rotatable bonds is 3. The van der Waals surface area contributed by atoms with Crippen LogP contribution in [0.25, 0.3) is 11.4 Å². The molecule has 0 N–H and O–H groups in total. The summed E-state index contributed by atoms with van der Waals surface area (Å²) in [4.78, 5) is 13.1. The molecule has 2 heterocycles. The Kier molecular flexibility index (Phi) is 4.16. The maximum atomic E-state index is 6.40. The first kappa shape index (κ1) is 14.7. The lowest BCUT2D eigenvalue weighted by molar-refractivity contribution is 1.02. The van der Waals surface area contributed by atoms with Gasteiger partial charge in [0.1, 0.15) is 5.15 Å². The molecule has 0 radical (unpaired) electrons. The number of benzene rings is 1. The van der Waals surface area contributed by atoms with Gasteiger partial charge in [-0.15, -0.1) is 0 Å². The molecule has 0 spiro atoms. The van der Waals surface area contributed by atoms with Crippen LogP contribution in [-0.4, -0.2) is 15.0 Å². The SMILES string of the molecule is Cc1cccc(Cc2c(C)nc(-c3cccnc3)nc2Cl)c1. The normalized spacial score (nSPS) is 10.7. The summed E-state index contributed by atoms with van der Waals surface area (Å²) >= 11 is 6.40. The summed E-state index contributed by atoms with van der Waals surface area (Å²) in [5.74, 6) is 0.614. The van der Waals surface area contributed by atoms with Crippen molar-refractivity contribution in [2.45, 2.75) is 20.3 Å². The van der Waals surface area contributed by atoms with Gasteiger partial charge in [-0.3, -0.25) is 4.98 Å². The van der Waals surface area contributed by atoms with E-state index < -0.39 is 0 Å². The van der Waals surface area contributed by atoms with Gasteiger partial charge in [0.15, 0.2) is 5.82 Å². The lowest BCUT2D eigenvalue weighted by Gasteiger charge is -2.10. The minimum absolute atomic E-state index is 0.507. The molecule has 110 valence electrons. The second-order valence-corrected chi connectivity index (χ2v) is 5.67. The van der Waals surface area contributed by atoms with Crippen molar-refractivity contribution in [2.24, 2.45) is 0 Å². The van der Waals surface area contributed by atoms with Crippen molar-refractivity contribution < 1.29 is 0 Å². The molecule has 0 bridgehead atoms. The number of aromatic nitrogens is 3. The Morgan fingerprint density at radius 2 is 1.91 bits per heavy atom. The van der Waals surface area contributed by atoms with E-state index >= 15 is 0 Å². The number of aryl methyl sites for hydroxylation is 2. The van der Waals surface area contributed by atoms with Crippen molar-refractivity contribution in [1.29, 1.82) is 0 Å². The van der Waals surface area contributed by atoms with E-state index in [-0.39, 0.29) is 0 Å². The smallest absolute Gasteiger partial charge is 0.162 e. The third kappa shape index (κ3) is 3.15. The largest absolute Gasteiger partial charge is 0.264 e. The lowest BCUT2D eigenvalue weighted by atomic mass is 10.0. The molecule has 0 aliphatic heterocycles. The van der Waals surface area contributed by atoms with Crippen LogP contribution in [0.5, 0.6) is 0 Å². The summed E-state index contributed by atoms with van der Waals surface area (Å²) in [6.07, 6.45) is 4.20. The lowest BCUT2D eigenvalue weighted by Crippen LogP contribution is -2.01. The highest BCUT2D eigenvalue weighted by Gasteiger charge is 2.12. The number of hydrogen-bond acceptors (Lipinski definition) is 3. The van der Waals surface area contributed by atoms with Crippen LogP contribution < -0.4 is 0 Å². The molecular weight excluding hydrogens is 294 g/mol. The fourth-order valence-electron chi connectivity index (χ4n) is 2.41.